The molecule has 0 amide bonds. The lowest BCUT2D eigenvalue weighted by Gasteiger charge is -2.07. The number of carbonyl (C=O) groups is 1. The van der Waals surface area contributed by atoms with Crippen LogP contribution < -0.4 is 4.74 Å². The minimum atomic E-state index is 0.157. The van der Waals surface area contributed by atoms with Gasteiger partial charge in [0.15, 0.2) is 5.78 Å². The summed E-state index contributed by atoms with van der Waals surface area (Å²) in [6, 6.07) is 7.27. The molecule has 1 aromatic rings. The Morgan fingerprint density at radius 1 is 1.06 bits per heavy atom. The van der Waals surface area contributed by atoms with Crippen molar-refractivity contribution in [3.8, 4) is 5.75 Å². The Hall–Kier alpha value is -1.35. The van der Waals surface area contributed by atoms with Crippen LogP contribution in [0.15, 0.2) is 24.3 Å². The largest absolute Gasteiger partial charge is 0.491 e. The molecular formula is C15H22O3. The second kappa shape index (κ2) is 8.70. The smallest absolute Gasteiger partial charge is 0.162 e. The van der Waals surface area contributed by atoms with Crippen LogP contribution in [0, 0.1) is 0 Å². The van der Waals surface area contributed by atoms with Crippen LogP contribution in [-0.4, -0.2) is 25.6 Å². The molecule has 100 valence electrons. The number of hydrogen-bond acceptors (Lipinski definition) is 3. The van der Waals surface area contributed by atoms with Gasteiger partial charge in [0.25, 0.3) is 0 Å². The van der Waals surface area contributed by atoms with Crippen molar-refractivity contribution in [1.29, 1.82) is 0 Å². The Morgan fingerprint density at radius 2 is 1.78 bits per heavy atom. The Kier molecular flexibility index (Phi) is 7.11. The maximum atomic E-state index is 11.4. The molecule has 0 fully saturated rings. The van der Waals surface area contributed by atoms with Crippen LogP contribution in [0.1, 0.15) is 43.5 Å². The summed E-state index contributed by atoms with van der Waals surface area (Å²) in [5, 5.41) is 0. The number of unbranched alkanes of at least 4 members (excludes halogenated alkanes) is 1. The molecule has 0 aromatic heterocycles. The van der Waals surface area contributed by atoms with Gasteiger partial charge in [0.2, 0.25) is 0 Å². The number of ether oxygens (including phenoxy) is 2. The molecule has 0 aliphatic rings. The van der Waals surface area contributed by atoms with Gasteiger partial charge >= 0.3 is 0 Å². The minimum absolute atomic E-state index is 0.157. The van der Waals surface area contributed by atoms with Gasteiger partial charge in [0, 0.05) is 18.6 Å². The van der Waals surface area contributed by atoms with Crippen LogP contribution in [0.3, 0.4) is 0 Å². The molecule has 0 aliphatic heterocycles. The van der Waals surface area contributed by atoms with E-state index in [1.54, 1.807) is 12.1 Å². The maximum Gasteiger partial charge on any atom is 0.162 e. The third-order valence-corrected chi connectivity index (χ3v) is 2.64. The fourth-order valence-electron chi connectivity index (χ4n) is 1.51. The number of carbonyl (C=O) groups excluding carboxylic acids is 1. The van der Waals surface area contributed by atoms with E-state index in [1.165, 1.54) is 0 Å². The Labute approximate surface area is 109 Å². The molecule has 0 atom stereocenters. The lowest BCUT2D eigenvalue weighted by atomic mass is 10.1. The molecular weight excluding hydrogens is 228 g/mol. The first kappa shape index (κ1) is 14.7. The molecule has 0 saturated heterocycles. The molecule has 0 spiro atoms. The first-order valence-corrected chi connectivity index (χ1v) is 6.61. The quantitative estimate of drug-likeness (QED) is 0.497. The Balaban J connectivity index is 2.25. The molecule has 18 heavy (non-hydrogen) atoms. The fourth-order valence-corrected chi connectivity index (χ4v) is 1.51. The number of benzene rings is 1. The monoisotopic (exact) mass is 250 g/mol. The van der Waals surface area contributed by atoms with Crippen molar-refractivity contribution in [2.75, 3.05) is 19.8 Å². The second-order valence-electron chi connectivity index (χ2n) is 4.12. The predicted molar refractivity (Wildman–Crippen MR) is 72.3 cm³/mol. The van der Waals surface area contributed by atoms with Gasteiger partial charge in [0.05, 0.1) is 6.61 Å². The van der Waals surface area contributed by atoms with Crippen LogP contribution in [-0.2, 0) is 4.74 Å². The van der Waals surface area contributed by atoms with E-state index in [0.29, 0.717) is 19.6 Å². The third-order valence-electron chi connectivity index (χ3n) is 2.64. The van der Waals surface area contributed by atoms with Crippen molar-refractivity contribution in [1.82, 2.24) is 0 Å². The summed E-state index contributed by atoms with van der Waals surface area (Å²) >= 11 is 0. The van der Waals surface area contributed by atoms with Crippen LogP contribution in [0.4, 0.5) is 0 Å². The van der Waals surface area contributed by atoms with E-state index in [9.17, 15) is 4.79 Å². The number of ketones is 1. The number of hydrogen-bond donors (Lipinski definition) is 0. The molecule has 1 rings (SSSR count). The number of rotatable bonds is 9. The van der Waals surface area contributed by atoms with Gasteiger partial charge in [-0.3, -0.25) is 4.79 Å². The van der Waals surface area contributed by atoms with Crippen molar-refractivity contribution >= 4 is 5.78 Å². The molecule has 0 bridgehead atoms. The highest BCUT2D eigenvalue weighted by Crippen LogP contribution is 2.13. The summed E-state index contributed by atoms with van der Waals surface area (Å²) in [6.45, 7) is 5.95. The molecule has 0 aliphatic carbocycles. The van der Waals surface area contributed by atoms with Gasteiger partial charge < -0.3 is 9.47 Å². The van der Waals surface area contributed by atoms with Crippen LogP contribution in [0.25, 0.3) is 0 Å². The molecule has 0 N–H and O–H groups in total. The van der Waals surface area contributed by atoms with E-state index < -0.39 is 0 Å². The topological polar surface area (TPSA) is 35.5 Å². The van der Waals surface area contributed by atoms with Crippen molar-refractivity contribution in [3.05, 3.63) is 29.8 Å². The van der Waals surface area contributed by atoms with Crippen molar-refractivity contribution in [2.45, 2.75) is 33.1 Å². The van der Waals surface area contributed by atoms with Gasteiger partial charge in [0.1, 0.15) is 12.4 Å². The summed E-state index contributed by atoms with van der Waals surface area (Å²) in [7, 11) is 0. The van der Waals surface area contributed by atoms with Gasteiger partial charge in [-0.25, -0.2) is 0 Å². The van der Waals surface area contributed by atoms with Crippen LogP contribution in [0.5, 0.6) is 5.75 Å². The molecule has 0 unspecified atom stereocenters. The molecule has 0 heterocycles. The van der Waals surface area contributed by atoms with Crippen molar-refractivity contribution in [2.24, 2.45) is 0 Å². The normalized spacial score (nSPS) is 10.3. The van der Waals surface area contributed by atoms with E-state index in [4.69, 9.17) is 9.47 Å². The summed E-state index contributed by atoms with van der Waals surface area (Å²) < 4.78 is 10.9. The lowest BCUT2D eigenvalue weighted by molar-refractivity contribution is 0.0976. The lowest BCUT2D eigenvalue weighted by Crippen LogP contribution is -2.07. The van der Waals surface area contributed by atoms with Crippen LogP contribution in [0.2, 0.25) is 0 Å². The average Bonchev–Trinajstić information content (AvgIpc) is 2.42. The molecule has 0 radical (unpaired) electrons. The summed E-state index contributed by atoms with van der Waals surface area (Å²) in [5.74, 6) is 0.936. The zero-order valence-corrected chi connectivity index (χ0v) is 11.3. The average molecular weight is 250 g/mol. The first-order valence-electron chi connectivity index (χ1n) is 6.61. The van der Waals surface area contributed by atoms with E-state index in [-0.39, 0.29) is 5.78 Å². The highest BCUT2D eigenvalue weighted by molar-refractivity contribution is 5.95. The van der Waals surface area contributed by atoms with Crippen molar-refractivity contribution in [3.63, 3.8) is 0 Å². The highest BCUT2D eigenvalue weighted by Gasteiger charge is 2.02. The molecule has 3 nitrogen and oxygen atoms in total. The third kappa shape index (κ3) is 5.32. The molecule has 1 aromatic carbocycles. The summed E-state index contributed by atoms with van der Waals surface area (Å²) in [5.41, 5.74) is 0.740. The molecule has 0 saturated carbocycles. The zero-order chi connectivity index (χ0) is 13.2. The van der Waals surface area contributed by atoms with Gasteiger partial charge in [-0.05, 0) is 30.7 Å². The summed E-state index contributed by atoms with van der Waals surface area (Å²) in [6.07, 6.45) is 2.77. The van der Waals surface area contributed by atoms with Gasteiger partial charge in [-0.1, -0.05) is 20.3 Å². The summed E-state index contributed by atoms with van der Waals surface area (Å²) in [4.78, 5) is 11.4. The SMILES string of the molecule is CCCCOCCOc1ccc(C(=O)CC)cc1. The van der Waals surface area contributed by atoms with Crippen molar-refractivity contribution < 1.29 is 14.3 Å². The first-order chi connectivity index (χ1) is 8.77. The van der Waals surface area contributed by atoms with Crippen LogP contribution >= 0.6 is 0 Å². The van der Waals surface area contributed by atoms with Gasteiger partial charge in [-0.2, -0.15) is 0 Å². The standard InChI is InChI=1S/C15H22O3/c1-3-5-10-17-11-12-18-14-8-6-13(7-9-14)15(16)4-2/h6-9H,3-5,10-12H2,1-2H3. The second-order valence-corrected chi connectivity index (χ2v) is 4.12. The minimum Gasteiger partial charge on any atom is -0.491 e. The van der Waals surface area contributed by atoms with E-state index in [0.717, 1.165) is 30.8 Å². The maximum absolute atomic E-state index is 11.4. The predicted octanol–water partition coefficient (Wildman–Crippen LogP) is 3.47. The number of Topliss-reactive ketones (excluding diaryl/α,β-unsaturated/α-hetero) is 1. The zero-order valence-electron chi connectivity index (χ0n) is 11.3. The van der Waals surface area contributed by atoms with E-state index in [2.05, 4.69) is 6.92 Å². The van der Waals surface area contributed by atoms with Gasteiger partial charge in [-0.15, -0.1) is 0 Å². The Morgan fingerprint density at radius 3 is 2.39 bits per heavy atom. The fraction of sp³-hybridized carbons (Fsp3) is 0.533. The highest BCUT2D eigenvalue weighted by atomic mass is 16.5. The Bertz CT molecular complexity index is 343. The van der Waals surface area contributed by atoms with E-state index in [1.807, 2.05) is 19.1 Å². The van der Waals surface area contributed by atoms with E-state index >= 15 is 0 Å². The molecule has 3 heteroatoms.